The summed E-state index contributed by atoms with van der Waals surface area (Å²) in [7, 11) is 0. The SMILES string of the molecule is O=C1c2oc3ccc(Cl)cc3c(=O)c2[C@H](c2ccc(Cl)cc2)N1CCN1CCOCC1. The van der Waals surface area contributed by atoms with Crippen molar-refractivity contribution in [2.75, 3.05) is 39.4 Å². The lowest BCUT2D eigenvalue weighted by molar-refractivity contribution is 0.0314. The second kappa shape index (κ2) is 8.28. The highest BCUT2D eigenvalue weighted by Gasteiger charge is 2.42. The monoisotopic (exact) mass is 458 g/mol. The van der Waals surface area contributed by atoms with E-state index in [1.807, 2.05) is 12.1 Å². The predicted octanol–water partition coefficient (Wildman–Crippen LogP) is 3.98. The summed E-state index contributed by atoms with van der Waals surface area (Å²) < 4.78 is 11.4. The second-order valence-corrected chi connectivity index (χ2v) is 8.59. The van der Waals surface area contributed by atoms with Gasteiger partial charge in [0.2, 0.25) is 5.76 Å². The number of benzene rings is 2. The number of carbonyl (C=O) groups is 1. The third kappa shape index (κ3) is 3.74. The molecular weight excluding hydrogens is 439 g/mol. The van der Waals surface area contributed by atoms with Crippen molar-refractivity contribution in [3.63, 3.8) is 0 Å². The molecule has 2 aromatic carbocycles. The number of hydrogen-bond donors (Lipinski definition) is 0. The van der Waals surface area contributed by atoms with Gasteiger partial charge in [0, 0.05) is 36.2 Å². The first kappa shape index (κ1) is 20.5. The number of morpholine rings is 1. The molecule has 2 aliphatic heterocycles. The molecule has 0 saturated carbocycles. The van der Waals surface area contributed by atoms with E-state index < -0.39 is 6.04 Å². The van der Waals surface area contributed by atoms with Gasteiger partial charge in [-0.2, -0.15) is 0 Å². The van der Waals surface area contributed by atoms with Crippen LogP contribution in [0.5, 0.6) is 0 Å². The van der Waals surface area contributed by atoms with E-state index in [2.05, 4.69) is 4.90 Å². The molecule has 0 aliphatic carbocycles. The number of fused-ring (bicyclic) bond motifs is 2. The van der Waals surface area contributed by atoms with Gasteiger partial charge < -0.3 is 14.1 Å². The van der Waals surface area contributed by atoms with Gasteiger partial charge in [-0.25, -0.2) is 0 Å². The highest BCUT2D eigenvalue weighted by atomic mass is 35.5. The van der Waals surface area contributed by atoms with Crippen LogP contribution in [0.4, 0.5) is 0 Å². The van der Waals surface area contributed by atoms with E-state index in [9.17, 15) is 9.59 Å². The van der Waals surface area contributed by atoms with Crippen LogP contribution in [0.2, 0.25) is 10.0 Å². The van der Waals surface area contributed by atoms with Gasteiger partial charge in [0.25, 0.3) is 5.91 Å². The fourth-order valence-electron chi connectivity index (χ4n) is 4.29. The highest BCUT2D eigenvalue weighted by molar-refractivity contribution is 6.31. The molecule has 0 radical (unpaired) electrons. The summed E-state index contributed by atoms with van der Waals surface area (Å²) in [5.74, 6) is -0.182. The van der Waals surface area contributed by atoms with E-state index in [0.717, 1.165) is 18.7 Å². The van der Waals surface area contributed by atoms with Gasteiger partial charge in [0.15, 0.2) is 5.43 Å². The van der Waals surface area contributed by atoms with Crippen LogP contribution in [0.1, 0.15) is 27.7 Å². The molecule has 8 heteroatoms. The maximum atomic E-state index is 13.5. The number of hydrogen-bond acceptors (Lipinski definition) is 5. The van der Waals surface area contributed by atoms with Gasteiger partial charge in [0.1, 0.15) is 5.58 Å². The second-order valence-electron chi connectivity index (χ2n) is 7.72. The lowest BCUT2D eigenvalue weighted by atomic mass is 9.98. The largest absolute Gasteiger partial charge is 0.450 e. The van der Waals surface area contributed by atoms with Crippen molar-refractivity contribution in [1.29, 1.82) is 0 Å². The Labute approximate surface area is 188 Å². The summed E-state index contributed by atoms with van der Waals surface area (Å²) in [6.07, 6.45) is 0. The molecule has 0 N–H and O–H groups in total. The maximum Gasteiger partial charge on any atom is 0.290 e. The molecule has 0 bridgehead atoms. The van der Waals surface area contributed by atoms with Crippen LogP contribution in [0, 0.1) is 0 Å². The van der Waals surface area contributed by atoms with Crippen molar-refractivity contribution in [2.45, 2.75) is 6.04 Å². The molecular formula is C23H20Cl2N2O4. The third-order valence-electron chi connectivity index (χ3n) is 5.87. The Hall–Kier alpha value is -2.38. The molecule has 5 rings (SSSR count). The van der Waals surface area contributed by atoms with Crippen molar-refractivity contribution >= 4 is 40.1 Å². The average Bonchev–Trinajstić information content (AvgIpc) is 3.06. The zero-order valence-electron chi connectivity index (χ0n) is 16.6. The quantitative estimate of drug-likeness (QED) is 0.591. The summed E-state index contributed by atoms with van der Waals surface area (Å²) in [4.78, 5) is 30.8. The van der Waals surface area contributed by atoms with Crippen LogP contribution in [0.15, 0.2) is 51.7 Å². The number of ether oxygens (including phenoxy) is 1. The number of rotatable bonds is 4. The standard InChI is InChI=1S/C23H20Cl2N2O4/c24-15-3-1-14(2-4-15)20-19-21(28)17-13-16(25)5-6-18(17)31-22(19)23(29)27(20)8-7-26-9-11-30-12-10-26/h1-6,13,20H,7-12H2/t20-/m0/s1. The molecule has 1 aromatic heterocycles. The van der Waals surface area contributed by atoms with Crippen LogP contribution < -0.4 is 5.43 Å². The maximum absolute atomic E-state index is 13.5. The van der Waals surface area contributed by atoms with Gasteiger partial charge >= 0.3 is 0 Å². The van der Waals surface area contributed by atoms with Gasteiger partial charge in [0.05, 0.1) is 30.2 Å². The molecule has 0 unspecified atom stereocenters. The van der Waals surface area contributed by atoms with Gasteiger partial charge in [-0.3, -0.25) is 14.5 Å². The summed E-state index contributed by atoms with van der Waals surface area (Å²) in [6, 6.07) is 11.5. The van der Waals surface area contributed by atoms with Crippen LogP contribution in [-0.4, -0.2) is 55.1 Å². The Morgan fingerprint density at radius 2 is 1.65 bits per heavy atom. The molecule has 2 aliphatic rings. The van der Waals surface area contributed by atoms with E-state index in [0.29, 0.717) is 52.9 Å². The van der Waals surface area contributed by atoms with Crippen LogP contribution in [0.3, 0.4) is 0 Å². The Morgan fingerprint density at radius 3 is 2.39 bits per heavy atom. The van der Waals surface area contributed by atoms with Crippen LogP contribution >= 0.6 is 23.2 Å². The molecule has 0 spiro atoms. The summed E-state index contributed by atoms with van der Waals surface area (Å²) >= 11 is 12.2. The first-order chi connectivity index (χ1) is 15.0. The van der Waals surface area contributed by atoms with Crippen molar-refractivity contribution in [2.24, 2.45) is 0 Å². The fourth-order valence-corrected chi connectivity index (χ4v) is 4.59. The van der Waals surface area contributed by atoms with E-state index in [1.54, 1.807) is 35.2 Å². The Morgan fingerprint density at radius 1 is 0.935 bits per heavy atom. The van der Waals surface area contributed by atoms with Gasteiger partial charge in [-0.1, -0.05) is 35.3 Å². The van der Waals surface area contributed by atoms with E-state index >= 15 is 0 Å². The number of halogens is 2. The van der Waals surface area contributed by atoms with Crippen molar-refractivity contribution in [1.82, 2.24) is 9.80 Å². The molecule has 1 saturated heterocycles. The molecule has 1 fully saturated rings. The lowest BCUT2D eigenvalue weighted by Gasteiger charge is -2.31. The van der Waals surface area contributed by atoms with E-state index in [1.165, 1.54) is 0 Å². The molecule has 6 nitrogen and oxygen atoms in total. The van der Waals surface area contributed by atoms with Crippen LogP contribution in [-0.2, 0) is 4.74 Å². The Bertz CT molecular complexity index is 1200. The van der Waals surface area contributed by atoms with Crippen LogP contribution in [0.25, 0.3) is 11.0 Å². The topological polar surface area (TPSA) is 63.0 Å². The number of nitrogens with zero attached hydrogens (tertiary/aromatic N) is 2. The summed E-state index contributed by atoms with van der Waals surface area (Å²) in [5, 5.41) is 1.40. The first-order valence-electron chi connectivity index (χ1n) is 10.2. The molecule has 31 heavy (non-hydrogen) atoms. The van der Waals surface area contributed by atoms with E-state index in [4.69, 9.17) is 32.4 Å². The molecule has 3 heterocycles. The number of amides is 1. The third-order valence-corrected chi connectivity index (χ3v) is 6.36. The highest BCUT2D eigenvalue weighted by Crippen LogP contribution is 2.38. The molecule has 1 amide bonds. The van der Waals surface area contributed by atoms with E-state index in [-0.39, 0.29) is 17.1 Å². The minimum atomic E-state index is -0.541. The fraction of sp³-hybridized carbons (Fsp3) is 0.304. The molecule has 160 valence electrons. The van der Waals surface area contributed by atoms with Gasteiger partial charge in [-0.05, 0) is 35.9 Å². The average molecular weight is 459 g/mol. The minimum Gasteiger partial charge on any atom is -0.450 e. The zero-order valence-corrected chi connectivity index (χ0v) is 18.2. The van der Waals surface area contributed by atoms with Gasteiger partial charge in [-0.15, -0.1) is 0 Å². The minimum absolute atomic E-state index is 0.0988. The number of carbonyl (C=O) groups excluding carboxylic acids is 1. The summed E-state index contributed by atoms with van der Waals surface area (Å²) in [5.41, 5.74) is 1.28. The Kier molecular flexibility index (Phi) is 5.48. The normalized spacial score (nSPS) is 19.2. The first-order valence-corrected chi connectivity index (χ1v) is 10.9. The lowest BCUT2D eigenvalue weighted by Crippen LogP contribution is -2.42. The summed E-state index contributed by atoms with van der Waals surface area (Å²) in [6.45, 7) is 4.15. The predicted molar refractivity (Wildman–Crippen MR) is 119 cm³/mol. The molecule has 1 atom stereocenters. The van der Waals surface area contributed by atoms with Crippen molar-refractivity contribution in [3.05, 3.63) is 79.6 Å². The Balaban J connectivity index is 1.60. The zero-order chi connectivity index (χ0) is 21.5. The van der Waals surface area contributed by atoms with Crippen molar-refractivity contribution in [3.8, 4) is 0 Å². The smallest absolute Gasteiger partial charge is 0.290 e. The molecule has 3 aromatic rings. The van der Waals surface area contributed by atoms with Crippen molar-refractivity contribution < 1.29 is 13.9 Å².